The first-order chi connectivity index (χ1) is 8.98. The summed E-state index contributed by atoms with van der Waals surface area (Å²) in [4.78, 5) is 11.6. The molecule has 0 spiro atoms. The molecule has 0 fully saturated rings. The molecule has 6 nitrogen and oxygen atoms in total. The van der Waals surface area contributed by atoms with Crippen molar-refractivity contribution in [3.8, 4) is 6.07 Å². The maximum Gasteiger partial charge on any atom is 0.137 e. The molecular formula is C13H16N6. The lowest BCUT2D eigenvalue weighted by molar-refractivity contribution is 0.722. The molecule has 0 atom stereocenters. The SMILES string of the molecule is Cc1nc(Nc2ccc[nH]2)cc(NC(C)(C)C#N)n1. The number of aromatic nitrogens is 3. The van der Waals surface area contributed by atoms with Gasteiger partial charge in [-0.1, -0.05) is 0 Å². The summed E-state index contributed by atoms with van der Waals surface area (Å²) in [7, 11) is 0. The lowest BCUT2D eigenvalue weighted by Crippen LogP contribution is -2.29. The Morgan fingerprint density at radius 1 is 1.32 bits per heavy atom. The molecule has 2 aromatic heterocycles. The van der Waals surface area contributed by atoms with Crippen molar-refractivity contribution < 1.29 is 0 Å². The van der Waals surface area contributed by atoms with Crippen molar-refractivity contribution in [2.45, 2.75) is 26.3 Å². The minimum absolute atomic E-state index is 0.619. The molecule has 0 aliphatic rings. The number of nitriles is 1. The highest BCUT2D eigenvalue weighted by Crippen LogP contribution is 2.18. The van der Waals surface area contributed by atoms with E-state index in [-0.39, 0.29) is 0 Å². The summed E-state index contributed by atoms with van der Waals surface area (Å²) in [5.41, 5.74) is -0.676. The van der Waals surface area contributed by atoms with Gasteiger partial charge in [0.15, 0.2) is 0 Å². The molecule has 0 amide bonds. The number of nitrogens with one attached hydrogen (secondary N) is 3. The Labute approximate surface area is 111 Å². The summed E-state index contributed by atoms with van der Waals surface area (Å²) in [5.74, 6) is 2.77. The van der Waals surface area contributed by atoms with Gasteiger partial charge in [0.2, 0.25) is 0 Å². The number of H-pyrrole nitrogens is 1. The van der Waals surface area contributed by atoms with Crippen LogP contribution in [0.4, 0.5) is 17.5 Å². The topological polar surface area (TPSA) is 89.4 Å². The molecule has 0 aliphatic carbocycles. The van der Waals surface area contributed by atoms with Gasteiger partial charge in [0.25, 0.3) is 0 Å². The fourth-order valence-corrected chi connectivity index (χ4v) is 1.59. The summed E-state index contributed by atoms with van der Waals surface area (Å²) < 4.78 is 0. The largest absolute Gasteiger partial charge is 0.352 e. The van der Waals surface area contributed by atoms with Crippen molar-refractivity contribution in [2.75, 3.05) is 10.6 Å². The Kier molecular flexibility index (Phi) is 3.38. The van der Waals surface area contributed by atoms with Crippen LogP contribution in [0, 0.1) is 18.3 Å². The van der Waals surface area contributed by atoms with Crippen molar-refractivity contribution in [3.05, 3.63) is 30.2 Å². The molecule has 6 heteroatoms. The van der Waals surface area contributed by atoms with Gasteiger partial charge >= 0.3 is 0 Å². The van der Waals surface area contributed by atoms with E-state index in [0.717, 1.165) is 5.82 Å². The fourth-order valence-electron chi connectivity index (χ4n) is 1.59. The Morgan fingerprint density at radius 2 is 2.05 bits per heavy atom. The van der Waals surface area contributed by atoms with E-state index in [1.165, 1.54) is 0 Å². The van der Waals surface area contributed by atoms with E-state index in [1.807, 2.05) is 25.3 Å². The summed E-state index contributed by atoms with van der Waals surface area (Å²) in [5, 5.41) is 15.2. The van der Waals surface area contributed by atoms with Crippen molar-refractivity contribution in [1.29, 1.82) is 5.26 Å². The highest BCUT2D eigenvalue weighted by molar-refractivity contribution is 5.57. The van der Waals surface area contributed by atoms with E-state index >= 15 is 0 Å². The minimum atomic E-state index is -0.676. The van der Waals surface area contributed by atoms with E-state index in [0.29, 0.717) is 17.5 Å². The van der Waals surface area contributed by atoms with Crippen LogP contribution in [0.5, 0.6) is 0 Å². The van der Waals surface area contributed by atoms with E-state index in [4.69, 9.17) is 5.26 Å². The first kappa shape index (κ1) is 12.9. The molecule has 2 rings (SSSR count). The number of anilines is 3. The van der Waals surface area contributed by atoms with Crippen LogP contribution in [-0.2, 0) is 0 Å². The third-order valence-corrected chi connectivity index (χ3v) is 2.42. The molecule has 0 radical (unpaired) electrons. The average molecular weight is 256 g/mol. The van der Waals surface area contributed by atoms with Gasteiger partial charge in [-0.3, -0.25) is 0 Å². The zero-order valence-electron chi connectivity index (χ0n) is 11.2. The molecule has 3 N–H and O–H groups in total. The van der Waals surface area contributed by atoms with Crippen molar-refractivity contribution in [1.82, 2.24) is 15.0 Å². The lowest BCUT2D eigenvalue weighted by Gasteiger charge is -2.18. The van der Waals surface area contributed by atoms with Gasteiger partial charge in [-0.2, -0.15) is 5.26 Å². The van der Waals surface area contributed by atoms with E-state index in [9.17, 15) is 0 Å². The van der Waals surface area contributed by atoms with Gasteiger partial charge in [-0.25, -0.2) is 9.97 Å². The quantitative estimate of drug-likeness (QED) is 0.782. The van der Waals surface area contributed by atoms with Crippen LogP contribution in [-0.4, -0.2) is 20.5 Å². The van der Waals surface area contributed by atoms with Crippen molar-refractivity contribution in [2.24, 2.45) is 0 Å². The number of nitrogens with zero attached hydrogens (tertiary/aromatic N) is 3. The summed E-state index contributed by atoms with van der Waals surface area (Å²) in [6.45, 7) is 5.40. The van der Waals surface area contributed by atoms with Crippen molar-refractivity contribution in [3.63, 3.8) is 0 Å². The number of aromatic amines is 1. The molecule has 0 aliphatic heterocycles. The van der Waals surface area contributed by atoms with Crippen molar-refractivity contribution >= 4 is 17.5 Å². The second kappa shape index (κ2) is 4.98. The highest BCUT2D eigenvalue weighted by Gasteiger charge is 2.17. The highest BCUT2D eigenvalue weighted by atomic mass is 15.1. The smallest absolute Gasteiger partial charge is 0.137 e. The molecule has 0 saturated carbocycles. The van der Waals surface area contributed by atoms with Gasteiger partial charge in [-0.15, -0.1) is 0 Å². The summed E-state index contributed by atoms with van der Waals surface area (Å²) in [6.07, 6.45) is 1.83. The number of hydrogen-bond acceptors (Lipinski definition) is 5. The molecule has 0 unspecified atom stereocenters. The number of rotatable bonds is 4. The van der Waals surface area contributed by atoms with Crippen LogP contribution < -0.4 is 10.6 Å². The zero-order valence-corrected chi connectivity index (χ0v) is 11.2. The van der Waals surface area contributed by atoms with Crippen LogP contribution in [0.1, 0.15) is 19.7 Å². The Hall–Kier alpha value is -2.55. The van der Waals surface area contributed by atoms with E-state index < -0.39 is 5.54 Å². The molecule has 0 aromatic carbocycles. The van der Waals surface area contributed by atoms with E-state index in [1.54, 1.807) is 19.9 Å². The monoisotopic (exact) mass is 256 g/mol. The Bertz CT molecular complexity index is 594. The summed E-state index contributed by atoms with van der Waals surface area (Å²) in [6, 6.07) is 7.75. The maximum absolute atomic E-state index is 9.02. The van der Waals surface area contributed by atoms with Crippen LogP contribution >= 0.6 is 0 Å². The summed E-state index contributed by atoms with van der Waals surface area (Å²) >= 11 is 0. The molecule has 98 valence electrons. The number of hydrogen-bond donors (Lipinski definition) is 3. The predicted octanol–water partition coefficient (Wildman–Crippen LogP) is 2.57. The molecule has 19 heavy (non-hydrogen) atoms. The van der Waals surface area contributed by atoms with Gasteiger partial charge in [0.05, 0.1) is 6.07 Å². The predicted molar refractivity (Wildman–Crippen MR) is 74.2 cm³/mol. The first-order valence-corrected chi connectivity index (χ1v) is 5.94. The second-order valence-corrected chi connectivity index (χ2v) is 4.76. The average Bonchev–Trinajstić information content (AvgIpc) is 2.80. The molecule has 0 saturated heterocycles. The Balaban J connectivity index is 2.22. The molecular weight excluding hydrogens is 240 g/mol. The van der Waals surface area contributed by atoms with Crippen LogP contribution in [0.3, 0.4) is 0 Å². The van der Waals surface area contributed by atoms with Gasteiger partial charge < -0.3 is 15.6 Å². The second-order valence-electron chi connectivity index (χ2n) is 4.76. The normalized spacial score (nSPS) is 10.8. The molecule has 2 heterocycles. The zero-order chi connectivity index (χ0) is 13.9. The third kappa shape index (κ3) is 3.45. The molecule has 2 aromatic rings. The standard InChI is InChI=1S/C13H16N6/c1-9-16-11(18-10-5-4-6-15-10)7-12(17-9)19-13(2,3)8-14/h4-7,15H,1-3H3,(H2,16,17,18,19). The van der Waals surface area contributed by atoms with Gasteiger partial charge in [0.1, 0.15) is 28.8 Å². The third-order valence-electron chi connectivity index (χ3n) is 2.42. The van der Waals surface area contributed by atoms with Gasteiger partial charge in [0, 0.05) is 12.3 Å². The molecule has 0 bridgehead atoms. The lowest BCUT2D eigenvalue weighted by atomic mass is 10.1. The van der Waals surface area contributed by atoms with Crippen LogP contribution in [0.15, 0.2) is 24.4 Å². The van der Waals surface area contributed by atoms with Crippen LogP contribution in [0.25, 0.3) is 0 Å². The first-order valence-electron chi connectivity index (χ1n) is 5.94. The fraction of sp³-hybridized carbons (Fsp3) is 0.308. The van der Waals surface area contributed by atoms with Gasteiger partial charge in [-0.05, 0) is 32.9 Å². The van der Waals surface area contributed by atoms with E-state index in [2.05, 4.69) is 31.7 Å². The maximum atomic E-state index is 9.02. The Morgan fingerprint density at radius 3 is 2.68 bits per heavy atom. The minimum Gasteiger partial charge on any atom is -0.352 e. The number of aryl methyl sites for hydroxylation is 1. The van der Waals surface area contributed by atoms with Crippen LogP contribution in [0.2, 0.25) is 0 Å².